The summed E-state index contributed by atoms with van der Waals surface area (Å²) < 4.78 is 30.4. The molecule has 0 fully saturated rings. The van der Waals surface area contributed by atoms with E-state index in [0.717, 1.165) is 23.3 Å². The van der Waals surface area contributed by atoms with Gasteiger partial charge >= 0.3 is 0 Å². The first-order valence-corrected chi connectivity index (χ1v) is 9.63. The lowest BCUT2D eigenvalue weighted by Crippen LogP contribution is -2.29. The van der Waals surface area contributed by atoms with Crippen LogP contribution in [-0.2, 0) is 13.1 Å². The number of aromatic nitrogens is 4. The van der Waals surface area contributed by atoms with Crippen LogP contribution >= 0.6 is 0 Å². The van der Waals surface area contributed by atoms with Crippen molar-refractivity contribution in [2.45, 2.75) is 20.0 Å². The van der Waals surface area contributed by atoms with E-state index in [-0.39, 0.29) is 18.6 Å². The van der Waals surface area contributed by atoms with Gasteiger partial charge in [0, 0.05) is 6.54 Å². The van der Waals surface area contributed by atoms with Gasteiger partial charge in [-0.3, -0.25) is 14.2 Å². The molecule has 9 heteroatoms. The van der Waals surface area contributed by atoms with Gasteiger partial charge < -0.3 is 5.32 Å². The van der Waals surface area contributed by atoms with E-state index in [2.05, 4.69) is 15.4 Å². The van der Waals surface area contributed by atoms with Crippen molar-refractivity contribution in [1.82, 2.24) is 24.6 Å². The zero-order valence-corrected chi connectivity index (χ0v) is 16.7. The summed E-state index contributed by atoms with van der Waals surface area (Å²) in [6.45, 7) is 2.61. The Kier molecular flexibility index (Phi) is 5.57. The van der Waals surface area contributed by atoms with Crippen molar-refractivity contribution in [3.8, 4) is 0 Å². The third-order valence-electron chi connectivity index (χ3n) is 4.89. The van der Waals surface area contributed by atoms with Crippen LogP contribution in [0.4, 0.5) is 8.78 Å². The Labute approximate surface area is 176 Å². The maximum atomic E-state index is 13.7. The van der Waals surface area contributed by atoms with Crippen LogP contribution in [0.15, 0.2) is 59.8 Å². The number of nitrogens with one attached hydrogen (secondary N) is 1. The Morgan fingerprint density at radius 2 is 1.81 bits per heavy atom. The highest BCUT2D eigenvalue weighted by Gasteiger charge is 2.17. The number of carbonyl (C=O) groups is 1. The van der Waals surface area contributed by atoms with Crippen LogP contribution in [-0.4, -0.2) is 31.8 Å². The van der Waals surface area contributed by atoms with Gasteiger partial charge in [0.15, 0.2) is 5.65 Å². The number of amides is 1. The largest absolute Gasteiger partial charge is 0.350 e. The van der Waals surface area contributed by atoms with Gasteiger partial charge in [-0.2, -0.15) is 5.10 Å². The summed E-state index contributed by atoms with van der Waals surface area (Å²) in [4.78, 5) is 29.2. The first kappa shape index (κ1) is 20.4. The standard InChI is InChI=1S/C22H19F2N5O2/c1-14-5-7-15(8-6-14)12-28-13-26-20-16(22(28)31)11-27-29(20)10-9-25-21(30)19-17(23)3-2-4-18(19)24/h2-8,11,13H,9-10,12H2,1H3,(H,25,30). The van der Waals surface area contributed by atoms with Gasteiger partial charge in [-0.1, -0.05) is 35.9 Å². The second kappa shape index (κ2) is 8.47. The second-order valence-corrected chi connectivity index (χ2v) is 7.12. The van der Waals surface area contributed by atoms with Crippen molar-refractivity contribution in [3.63, 3.8) is 0 Å². The predicted molar refractivity (Wildman–Crippen MR) is 111 cm³/mol. The second-order valence-electron chi connectivity index (χ2n) is 7.12. The minimum atomic E-state index is -0.933. The molecule has 0 aliphatic heterocycles. The van der Waals surface area contributed by atoms with Gasteiger partial charge in [-0.15, -0.1) is 0 Å². The highest BCUT2D eigenvalue weighted by Crippen LogP contribution is 2.12. The van der Waals surface area contributed by atoms with E-state index in [0.29, 0.717) is 17.6 Å². The zero-order chi connectivity index (χ0) is 22.0. The van der Waals surface area contributed by atoms with E-state index in [1.54, 1.807) is 0 Å². The van der Waals surface area contributed by atoms with Crippen molar-refractivity contribution in [2.24, 2.45) is 0 Å². The lowest BCUT2D eigenvalue weighted by atomic mass is 10.1. The van der Waals surface area contributed by atoms with Gasteiger partial charge in [0.1, 0.15) is 28.9 Å². The van der Waals surface area contributed by atoms with E-state index < -0.39 is 23.1 Å². The number of nitrogens with zero attached hydrogens (tertiary/aromatic N) is 4. The molecule has 1 amide bonds. The van der Waals surface area contributed by atoms with Crippen LogP contribution < -0.4 is 10.9 Å². The molecule has 1 N–H and O–H groups in total. The number of rotatable bonds is 6. The summed E-state index contributed by atoms with van der Waals surface area (Å²) >= 11 is 0. The summed E-state index contributed by atoms with van der Waals surface area (Å²) in [5.74, 6) is -2.73. The van der Waals surface area contributed by atoms with E-state index in [9.17, 15) is 18.4 Å². The van der Waals surface area contributed by atoms with Crippen molar-refractivity contribution in [3.05, 3.63) is 93.7 Å². The SMILES string of the molecule is Cc1ccc(Cn2cnc3c(cnn3CCNC(=O)c3c(F)cccc3F)c2=O)cc1. The van der Waals surface area contributed by atoms with Crippen LogP contribution in [0, 0.1) is 18.6 Å². The fourth-order valence-electron chi connectivity index (χ4n) is 3.24. The predicted octanol–water partition coefficient (Wildman–Crippen LogP) is 2.66. The van der Waals surface area contributed by atoms with Gasteiger partial charge in [-0.05, 0) is 24.6 Å². The van der Waals surface area contributed by atoms with E-state index in [1.807, 2.05) is 31.2 Å². The summed E-state index contributed by atoms with van der Waals surface area (Å²) in [7, 11) is 0. The van der Waals surface area contributed by atoms with Crippen molar-refractivity contribution in [2.75, 3.05) is 6.54 Å². The van der Waals surface area contributed by atoms with Crippen LogP contribution in [0.1, 0.15) is 21.5 Å². The average molecular weight is 423 g/mol. The quantitative estimate of drug-likeness (QED) is 0.517. The lowest BCUT2D eigenvalue weighted by molar-refractivity contribution is 0.0943. The summed E-state index contributed by atoms with van der Waals surface area (Å²) in [6, 6.07) is 11.1. The van der Waals surface area contributed by atoms with Crippen molar-refractivity contribution in [1.29, 1.82) is 0 Å². The number of hydrogen-bond donors (Lipinski definition) is 1. The number of fused-ring (bicyclic) bond motifs is 1. The number of hydrogen-bond acceptors (Lipinski definition) is 4. The minimum Gasteiger partial charge on any atom is -0.350 e. The van der Waals surface area contributed by atoms with E-state index >= 15 is 0 Å². The number of halogens is 2. The Bertz CT molecular complexity index is 1290. The third kappa shape index (κ3) is 4.20. The fraction of sp³-hybridized carbons (Fsp3) is 0.182. The molecule has 2 heterocycles. The summed E-state index contributed by atoms with van der Waals surface area (Å²) in [5.41, 5.74) is 1.62. The molecule has 0 aliphatic carbocycles. The highest BCUT2D eigenvalue weighted by atomic mass is 19.1. The fourth-order valence-corrected chi connectivity index (χ4v) is 3.24. The highest BCUT2D eigenvalue weighted by molar-refractivity contribution is 5.94. The normalized spacial score (nSPS) is 11.1. The Balaban J connectivity index is 1.47. The molecule has 4 aromatic rings. The van der Waals surface area contributed by atoms with Crippen LogP contribution in [0.2, 0.25) is 0 Å². The number of carbonyl (C=O) groups excluding carboxylic acids is 1. The minimum absolute atomic E-state index is 0.0531. The molecule has 0 saturated heterocycles. The maximum Gasteiger partial charge on any atom is 0.264 e. The lowest BCUT2D eigenvalue weighted by Gasteiger charge is -2.08. The Morgan fingerprint density at radius 1 is 1.10 bits per heavy atom. The van der Waals surface area contributed by atoms with Crippen molar-refractivity contribution < 1.29 is 13.6 Å². The van der Waals surface area contributed by atoms with Gasteiger partial charge in [0.05, 0.1) is 19.3 Å². The van der Waals surface area contributed by atoms with E-state index in [4.69, 9.17) is 0 Å². The first-order valence-electron chi connectivity index (χ1n) is 9.63. The molecule has 2 aromatic heterocycles. The molecule has 2 aromatic carbocycles. The summed E-state index contributed by atoms with van der Waals surface area (Å²) in [5, 5.41) is 6.97. The molecule has 158 valence electrons. The molecule has 0 radical (unpaired) electrons. The molecule has 0 unspecified atom stereocenters. The van der Waals surface area contributed by atoms with Crippen LogP contribution in [0.5, 0.6) is 0 Å². The maximum absolute atomic E-state index is 13.7. The Hall–Kier alpha value is -3.88. The molecular weight excluding hydrogens is 404 g/mol. The Morgan fingerprint density at radius 3 is 2.52 bits per heavy atom. The molecule has 31 heavy (non-hydrogen) atoms. The zero-order valence-electron chi connectivity index (χ0n) is 16.7. The van der Waals surface area contributed by atoms with Gasteiger partial charge in [-0.25, -0.2) is 18.4 Å². The van der Waals surface area contributed by atoms with Crippen molar-refractivity contribution >= 4 is 16.9 Å². The average Bonchev–Trinajstić information content (AvgIpc) is 3.15. The summed E-state index contributed by atoms with van der Waals surface area (Å²) in [6.07, 6.45) is 2.88. The van der Waals surface area contributed by atoms with Crippen LogP contribution in [0.3, 0.4) is 0 Å². The van der Waals surface area contributed by atoms with Crippen LogP contribution in [0.25, 0.3) is 11.0 Å². The molecule has 0 aliphatic rings. The molecule has 0 spiro atoms. The van der Waals surface area contributed by atoms with Gasteiger partial charge in [0.25, 0.3) is 11.5 Å². The number of aryl methyl sites for hydroxylation is 1. The number of benzene rings is 2. The molecule has 4 rings (SSSR count). The van der Waals surface area contributed by atoms with E-state index in [1.165, 1.54) is 27.8 Å². The third-order valence-corrected chi connectivity index (χ3v) is 4.89. The first-order chi connectivity index (χ1) is 14.9. The monoisotopic (exact) mass is 423 g/mol. The molecule has 0 saturated carbocycles. The smallest absolute Gasteiger partial charge is 0.264 e. The molecule has 0 atom stereocenters. The van der Waals surface area contributed by atoms with Gasteiger partial charge in [0.2, 0.25) is 0 Å². The molecular formula is C22H19F2N5O2. The molecule has 0 bridgehead atoms. The molecule has 7 nitrogen and oxygen atoms in total. The topological polar surface area (TPSA) is 81.8 Å².